The standard InChI is InChI=1S/C12H16F3NO3S2/c1-8(11(7-17)20-2)16-21(18,19)10-5-3-9(4-6-10)12(13,14)15/h3-6,8,11,16-17H,7H2,1-2H3. The molecule has 0 aliphatic heterocycles. The summed E-state index contributed by atoms with van der Waals surface area (Å²) in [6.45, 7) is 1.37. The summed E-state index contributed by atoms with van der Waals surface area (Å²) in [6, 6.07) is 2.70. The van der Waals surface area contributed by atoms with E-state index < -0.39 is 27.8 Å². The summed E-state index contributed by atoms with van der Waals surface area (Å²) in [5.41, 5.74) is -0.910. The van der Waals surface area contributed by atoms with Crippen LogP contribution in [0.4, 0.5) is 13.2 Å². The number of benzene rings is 1. The number of alkyl halides is 3. The molecule has 0 heterocycles. The molecular weight excluding hydrogens is 327 g/mol. The van der Waals surface area contributed by atoms with E-state index in [2.05, 4.69) is 4.72 Å². The van der Waals surface area contributed by atoms with Crippen LogP contribution in [0.2, 0.25) is 0 Å². The van der Waals surface area contributed by atoms with Crippen LogP contribution in [0, 0.1) is 0 Å². The molecular formula is C12H16F3NO3S2. The molecule has 0 aromatic heterocycles. The second-order valence-corrected chi connectivity index (χ2v) is 7.18. The van der Waals surface area contributed by atoms with Gasteiger partial charge in [0.1, 0.15) is 0 Å². The topological polar surface area (TPSA) is 66.4 Å². The molecule has 1 aromatic rings. The van der Waals surface area contributed by atoms with Gasteiger partial charge < -0.3 is 5.11 Å². The van der Waals surface area contributed by atoms with Crippen molar-refractivity contribution >= 4 is 21.8 Å². The van der Waals surface area contributed by atoms with Crippen molar-refractivity contribution in [2.45, 2.75) is 29.3 Å². The van der Waals surface area contributed by atoms with E-state index in [9.17, 15) is 21.6 Å². The van der Waals surface area contributed by atoms with Crippen LogP contribution in [0.25, 0.3) is 0 Å². The Morgan fingerprint density at radius 3 is 2.19 bits per heavy atom. The van der Waals surface area contributed by atoms with Crippen LogP contribution in [-0.4, -0.2) is 37.7 Å². The van der Waals surface area contributed by atoms with Gasteiger partial charge in [0.15, 0.2) is 0 Å². The Balaban J connectivity index is 2.93. The maximum atomic E-state index is 12.4. The lowest BCUT2D eigenvalue weighted by Gasteiger charge is -2.21. The van der Waals surface area contributed by atoms with Gasteiger partial charge in [0, 0.05) is 11.3 Å². The van der Waals surface area contributed by atoms with Crippen LogP contribution < -0.4 is 4.72 Å². The lowest BCUT2D eigenvalue weighted by atomic mass is 10.2. The first-order valence-electron chi connectivity index (χ1n) is 5.95. The molecule has 0 spiro atoms. The number of hydrogen-bond donors (Lipinski definition) is 2. The van der Waals surface area contributed by atoms with Gasteiger partial charge in [0.05, 0.1) is 17.1 Å². The summed E-state index contributed by atoms with van der Waals surface area (Å²) < 4.78 is 63.7. The van der Waals surface area contributed by atoms with Crippen LogP contribution in [0.15, 0.2) is 29.2 Å². The minimum atomic E-state index is -4.51. The molecule has 0 saturated heterocycles. The molecule has 4 nitrogen and oxygen atoms in total. The predicted molar refractivity (Wildman–Crippen MR) is 75.6 cm³/mol. The summed E-state index contributed by atoms with van der Waals surface area (Å²) in [6.07, 6.45) is -2.78. The Kier molecular flexibility index (Phi) is 6.09. The molecule has 0 radical (unpaired) electrons. The zero-order valence-corrected chi connectivity index (χ0v) is 13.0. The fourth-order valence-corrected chi connectivity index (χ4v) is 3.64. The number of aliphatic hydroxyl groups is 1. The van der Waals surface area contributed by atoms with Gasteiger partial charge in [-0.3, -0.25) is 0 Å². The fraction of sp³-hybridized carbons (Fsp3) is 0.500. The molecule has 2 N–H and O–H groups in total. The average molecular weight is 343 g/mol. The van der Waals surface area contributed by atoms with Crippen molar-refractivity contribution < 1.29 is 26.7 Å². The molecule has 0 fully saturated rings. The number of rotatable bonds is 6. The normalized spacial score (nSPS) is 15.7. The maximum Gasteiger partial charge on any atom is 0.416 e. The van der Waals surface area contributed by atoms with Crippen LogP contribution in [0.5, 0.6) is 0 Å². The summed E-state index contributed by atoms with van der Waals surface area (Å²) in [7, 11) is -3.93. The third-order valence-corrected chi connectivity index (χ3v) is 5.61. The first kappa shape index (κ1) is 18.3. The number of halogens is 3. The van der Waals surface area contributed by atoms with E-state index in [4.69, 9.17) is 5.11 Å². The molecule has 120 valence electrons. The Bertz CT molecular complexity index is 554. The number of nitrogens with one attached hydrogen (secondary N) is 1. The second-order valence-electron chi connectivity index (χ2n) is 4.39. The number of hydrogen-bond acceptors (Lipinski definition) is 4. The number of sulfonamides is 1. The Morgan fingerprint density at radius 2 is 1.81 bits per heavy atom. The quantitative estimate of drug-likeness (QED) is 0.830. The van der Waals surface area contributed by atoms with Crippen molar-refractivity contribution in [3.8, 4) is 0 Å². The Labute approximate surface area is 125 Å². The highest BCUT2D eigenvalue weighted by Gasteiger charge is 2.31. The summed E-state index contributed by atoms with van der Waals surface area (Å²) in [5, 5.41) is 8.77. The molecule has 2 atom stereocenters. The van der Waals surface area contributed by atoms with Gasteiger partial charge in [-0.25, -0.2) is 13.1 Å². The molecule has 0 aliphatic carbocycles. The molecule has 0 bridgehead atoms. The van der Waals surface area contributed by atoms with E-state index >= 15 is 0 Å². The molecule has 0 saturated carbocycles. The van der Waals surface area contributed by atoms with Crippen LogP contribution in [-0.2, 0) is 16.2 Å². The van der Waals surface area contributed by atoms with Gasteiger partial charge in [-0.1, -0.05) is 0 Å². The molecule has 2 unspecified atom stereocenters. The number of aliphatic hydroxyl groups excluding tert-OH is 1. The van der Waals surface area contributed by atoms with Crippen molar-refractivity contribution in [3.05, 3.63) is 29.8 Å². The summed E-state index contributed by atoms with van der Waals surface area (Å²) in [4.78, 5) is -0.250. The monoisotopic (exact) mass is 343 g/mol. The first-order chi connectivity index (χ1) is 9.61. The molecule has 0 aliphatic rings. The number of thioether (sulfide) groups is 1. The molecule has 1 rings (SSSR count). The SMILES string of the molecule is CSC(CO)C(C)NS(=O)(=O)c1ccc(C(F)(F)F)cc1. The highest BCUT2D eigenvalue weighted by atomic mass is 32.2. The van der Waals surface area contributed by atoms with E-state index in [0.717, 1.165) is 24.3 Å². The largest absolute Gasteiger partial charge is 0.416 e. The molecule has 21 heavy (non-hydrogen) atoms. The highest BCUT2D eigenvalue weighted by molar-refractivity contribution is 7.99. The van der Waals surface area contributed by atoms with Gasteiger partial charge in [0.2, 0.25) is 10.0 Å². The van der Waals surface area contributed by atoms with Gasteiger partial charge in [-0.05, 0) is 37.4 Å². The lowest BCUT2D eigenvalue weighted by Crippen LogP contribution is -2.41. The molecule has 0 amide bonds. The van der Waals surface area contributed by atoms with Gasteiger partial charge in [-0.15, -0.1) is 0 Å². The average Bonchev–Trinajstić information content (AvgIpc) is 2.38. The Hall–Kier alpha value is -0.770. The van der Waals surface area contributed by atoms with Crippen molar-refractivity contribution in [2.24, 2.45) is 0 Å². The predicted octanol–water partition coefficient (Wildman–Crippen LogP) is 2.10. The summed E-state index contributed by atoms with van der Waals surface area (Å²) >= 11 is 1.29. The third kappa shape index (κ3) is 4.87. The van der Waals surface area contributed by atoms with Crippen molar-refractivity contribution in [1.29, 1.82) is 0 Å². The van der Waals surface area contributed by atoms with Gasteiger partial charge >= 0.3 is 6.18 Å². The van der Waals surface area contributed by atoms with E-state index in [1.165, 1.54) is 11.8 Å². The van der Waals surface area contributed by atoms with Crippen molar-refractivity contribution in [3.63, 3.8) is 0 Å². The van der Waals surface area contributed by atoms with E-state index in [1.807, 2.05) is 0 Å². The minimum absolute atomic E-state index is 0.210. The van der Waals surface area contributed by atoms with Crippen LogP contribution in [0.1, 0.15) is 12.5 Å². The van der Waals surface area contributed by atoms with E-state index in [-0.39, 0.29) is 16.8 Å². The van der Waals surface area contributed by atoms with Crippen LogP contribution in [0.3, 0.4) is 0 Å². The zero-order chi connectivity index (χ0) is 16.3. The van der Waals surface area contributed by atoms with Gasteiger partial charge in [-0.2, -0.15) is 24.9 Å². The smallest absolute Gasteiger partial charge is 0.395 e. The summed E-state index contributed by atoms with van der Waals surface area (Å²) in [5.74, 6) is 0. The maximum absolute atomic E-state index is 12.4. The van der Waals surface area contributed by atoms with Gasteiger partial charge in [0.25, 0.3) is 0 Å². The zero-order valence-electron chi connectivity index (χ0n) is 11.4. The van der Waals surface area contributed by atoms with Crippen molar-refractivity contribution in [2.75, 3.05) is 12.9 Å². The highest BCUT2D eigenvalue weighted by Crippen LogP contribution is 2.29. The lowest BCUT2D eigenvalue weighted by molar-refractivity contribution is -0.137. The fourth-order valence-electron chi connectivity index (χ4n) is 1.65. The van der Waals surface area contributed by atoms with Crippen LogP contribution >= 0.6 is 11.8 Å². The minimum Gasteiger partial charge on any atom is -0.395 e. The molecule has 1 aromatic carbocycles. The van der Waals surface area contributed by atoms with E-state index in [1.54, 1.807) is 13.2 Å². The second kappa shape index (κ2) is 6.99. The first-order valence-corrected chi connectivity index (χ1v) is 8.72. The van der Waals surface area contributed by atoms with E-state index in [0.29, 0.717) is 0 Å². The Morgan fingerprint density at radius 1 is 1.29 bits per heavy atom. The van der Waals surface area contributed by atoms with Crippen molar-refractivity contribution in [1.82, 2.24) is 4.72 Å². The third-order valence-electron chi connectivity index (χ3n) is 2.87. The molecule has 9 heteroatoms.